The average Bonchev–Trinajstić information content (AvgIpc) is 2.44. The van der Waals surface area contributed by atoms with Gasteiger partial charge in [-0.25, -0.2) is 24.6 Å². The highest BCUT2D eigenvalue weighted by atomic mass is 79.9. The number of hydrogen-bond donors (Lipinski definition) is 3. The molecule has 106 valence electrons. The van der Waals surface area contributed by atoms with Crippen LogP contribution in [-0.4, -0.2) is 17.1 Å². The molecular formula is C11H10BrF2N5O. The smallest absolute Gasteiger partial charge is 0.205 e. The third-order valence-corrected chi connectivity index (χ3v) is 3.02. The van der Waals surface area contributed by atoms with Gasteiger partial charge in [0.1, 0.15) is 18.0 Å². The van der Waals surface area contributed by atoms with Crippen LogP contribution in [-0.2, 0) is 0 Å². The normalized spacial score (nSPS) is 10.2. The van der Waals surface area contributed by atoms with Gasteiger partial charge in [0.05, 0.1) is 17.3 Å². The fourth-order valence-electron chi connectivity index (χ4n) is 1.50. The number of rotatable bonds is 4. The van der Waals surface area contributed by atoms with Crippen LogP contribution in [0.5, 0.6) is 5.75 Å². The summed E-state index contributed by atoms with van der Waals surface area (Å²) in [4.78, 5) is 7.78. The Balaban J connectivity index is 2.42. The minimum Gasteiger partial charge on any atom is -0.490 e. The molecule has 6 nitrogen and oxygen atoms in total. The maximum atomic E-state index is 13.7. The minimum absolute atomic E-state index is 0.0262. The van der Waals surface area contributed by atoms with Gasteiger partial charge in [0.2, 0.25) is 5.75 Å². The van der Waals surface area contributed by atoms with Crippen molar-refractivity contribution in [2.45, 2.75) is 0 Å². The van der Waals surface area contributed by atoms with Crippen molar-refractivity contribution in [2.75, 3.05) is 17.9 Å². The number of hydrogen-bond acceptors (Lipinski definition) is 6. The summed E-state index contributed by atoms with van der Waals surface area (Å²) in [6, 6.07) is 2.00. The molecule has 2 aromatic rings. The lowest BCUT2D eigenvalue weighted by molar-refractivity contribution is 0.415. The van der Waals surface area contributed by atoms with E-state index >= 15 is 0 Å². The molecule has 9 heteroatoms. The van der Waals surface area contributed by atoms with Gasteiger partial charge in [0.25, 0.3) is 0 Å². The lowest BCUT2D eigenvalue weighted by Crippen LogP contribution is -2.11. The fraction of sp³-hybridized carbons (Fsp3) is 0.0909. The first-order chi connectivity index (χ1) is 9.56. The van der Waals surface area contributed by atoms with Crippen LogP contribution in [0.4, 0.5) is 26.1 Å². The molecule has 0 atom stereocenters. The van der Waals surface area contributed by atoms with E-state index in [0.717, 1.165) is 6.07 Å². The van der Waals surface area contributed by atoms with E-state index in [9.17, 15) is 8.78 Å². The van der Waals surface area contributed by atoms with E-state index in [1.54, 1.807) is 0 Å². The summed E-state index contributed by atoms with van der Waals surface area (Å²) < 4.78 is 32.1. The van der Waals surface area contributed by atoms with Gasteiger partial charge in [0.15, 0.2) is 11.6 Å². The summed E-state index contributed by atoms with van der Waals surface area (Å²) in [7, 11) is 1.39. The zero-order valence-electron chi connectivity index (χ0n) is 10.2. The van der Waals surface area contributed by atoms with E-state index in [1.165, 1.54) is 19.5 Å². The van der Waals surface area contributed by atoms with E-state index in [1.807, 2.05) is 0 Å². The summed E-state index contributed by atoms with van der Waals surface area (Å²) in [6.07, 6.45) is 1.22. The van der Waals surface area contributed by atoms with Gasteiger partial charge in [-0.2, -0.15) is 0 Å². The van der Waals surface area contributed by atoms with E-state index in [4.69, 9.17) is 10.6 Å². The first kappa shape index (κ1) is 14.4. The molecule has 0 bridgehead atoms. The maximum absolute atomic E-state index is 13.7. The number of nitrogens with two attached hydrogens (primary N) is 1. The van der Waals surface area contributed by atoms with Gasteiger partial charge < -0.3 is 15.5 Å². The molecule has 0 aliphatic heterocycles. The van der Waals surface area contributed by atoms with E-state index in [0.29, 0.717) is 0 Å². The molecule has 20 heavy (non-hydrogen) atoms. The molecule has 0 aliphatic rings. The predicted molar refractivity (Wildman–Crippen MR) is 73.7 cm³/mol. The Morgan fingerprint density at radius 3 is 2.55 bits per heavy atom. The zero-order chi connectivity index (χ0) is 14.7. The molecule has 0 amide bonds. The molecule has 1 aromatic heterocycles. The quantitative estimate of drug-likeness (QED) is 0.448. The van der Waals surface area contributed by atoms with E-state index < -0.39 is 11.6 Å². The number of anilines is 3. The number of nitrogens with one attached hydrogen (secondary N) is 2. The molecule has 0 fully saturated rings. The van der Waals surface area contributed by atoms with Gasteiger partial charge in [-0.15, -0.1) is 0 Å². The zero-order valence-corrected chi connectivity index (χ0v) is 11.8. The van der Waals surface area contributed by atoms with Crippen LogP contribution < -0.4 is 21.3 Å². The summed E-state index contributed by atoms with van der Waals surface area (Å²) >= 11 is 2.98. The molecule has 2 rings (SSSR count). The van der Waals surface area contributed by atoms with Gasteiger partial charge in [-0.1, -0.05) is 0 Å². The number of hydrazine groups is 1. The Kier molecular flexibility index (Phi) is 4.30. The molecule has 0 radical (unpaired) electrons. The monoisotopic (exact) mass is 345 g/mol. The second-order valence-electron chi connectivity index (χ2n) is 3.62. The number of aromatic nitrogens is 2. The average molecular weight is 346 g/mol. The Morgan fingerprint density at radius 2 is 1.90 bits per heavy atom. The van der Waals surface area contributed by atoms with Crippen molar-refractivity contribution >= 4 is 33.3 Å². The SMILES string of the molecule is COc1c(NN)ncnc1Nc1cc(Br)c(F)cc1F. The molecule has 1 heterocycles. The topological polar surface area (TPSA) is 85.1 Å². The van der Waals surface area contributed by atoms with Crippen LogP contribution in [0.2, 0.25) is 0 Å². The summed E-state index contributed by atoms with van der Waals surface area (Å²) in [5.74, 6) is 4.43. The molecule has 4 N–H and O–H groups in total. The first-order valence-corrected chi connectivity index (χ1v) is 6.13. The third-order valence-electron chi connectivity index (χ3n) is 2.41. The second-order valence-corrected chi connectivity index (χ2v) is 4.47. The summed E-state index contributed by atoms with van der Waals surface area (Å²) in [5, 5.41) is 2.69. The molecule has 1 aromatic carbocycles. The van der Waals surface area contributed by atoms with Crippen LogP contribution >= 0.6 is 15.9 Å². The van der Waals surface area contributed by atoms with Crippen LogP contribution in [0.25, 0.3) is 0 Å². The van der Waals surface area contributed by atoms with Crippen molar-refractivity contribution in [3.05, 3.63) is 34.6 Å². The molecule has 0 aliphatic carbocycles. The highest BCUT2D eigenvalue weighted by Crippen LogP contribution is 2.32. The van der Waals surface area contributed by atoms with Crippen molar-refractivity contribution in [3.63, 3.8) is 0 Å². The predicted octanol–water partition coefficient (Wildman–Crippen LogP) is 2.56. The molecule has 0 spiro atoms. The van der Waals surface area contributed by atoms with Crippen LogP contribution in [0.1, 0.15) is 0 Å². The Morgan fingerprint density at radius 1 is 1.20 bits per heavy atom. The minimum atomic E-state index is -0.770. The fourth-order valence-corrected chi connectivity index (χ4v) is 1.85. The number of benzene rings is 1. The van der Waals surface area contributed by atoms with Crippen molar-refractivity contribution in [1.82, 2.24) is 9.97 Å². The van der Waals surface area contributed by atoms with Crippen LogP contribution in [0.3, 0.4) is 0 Å². The number of halogens is 3. The number of nitrogen functional groups attached to an aromatic ring is 1. The van der Waals surface area contributed by atoms with Gasteiger partial charge in [-0.05, 0) is 22.0 Å². The molecular weight excluding hydrogens is 336 g/mol. The Bertz CT molecular complexity index is 640. The molecule has 0 unspecified atom stereocenters. The molecule has 0 saturated heterocycles. The standard InChI is InChI=1S/C11H10BrF2N5O/c1-20-9-10(16-4-17-11(9)19-15)18-8-2-5(12)6(13)3-7(8)14/h2-4H,15H2,1H3,(H2,16,17,18,19). The lowest BCUT2D eigenvalue weighted by atomic mass is 10.3. The summed E-state index contributed by atoms with van der Waals surface area (Å²) in [5.41, 5.74) is 2.35. The number of ether oxygens (including phenoxy) is 1. The third kappa shape index (κ3) is 2.78. The number of nitrogens with zero attached hydrogens (tertiary/aromatic N) is 2. The lowest BCUT2D eigenvalue weighted by Gasteiger charge is -2.13. The van der Waals surface area contributed by atoms with Crippen molar-refractivity contribution in [2.24, 2.45) is 5.84 Å². The maximum Gasteiger partial charge on any atom is 0.205 e. The summed E-state index contributed by atoms with van der Waals surface area (Å²) in [6.45, 7) is 0. The van der Waals surface area contributed by atoms with Gasteiger partial charge in [0, 0.05) is 6.07 Å². The van der Waals surface area contributed by atoms with Crippen molar-refractivity contribution in [3.8, 4) is 5.75 Å². The highest BCUT2D eigenvalue weighted by Gasteiger charge is 2.14. The first-order valence-electron chi connectivity index (χ1n) is 5.34. The number of methoxy groups -OCH3 is 1. The van der Waals surface area contributed by atoms with Gasteiger partial charge in [-0.3, -0.25) is 0 Å². The van der Waals surface area contributed by atoms with Crippen LogP contribution in [0.15, 0.2) is 22.9 Å². The van der Waals surface area contributed by atoms with Crippen LogP contribution in [0, 0.1) is 11.6 Å². The second kappa shape index (κ2) is 5.97. The Labute approximate surface area is 121 Å². The van der Waals surface area contributed by atoms with E-state index in [2.05, 4.69) is 36.6 Å². The largest absolute Gasteiger partial charge is 0.490 e. The molecule has 0 saturated carbocycles. The van der Waals surface area contributed by atoms with E-state index in [-0.39, 0.29) is 27.5 Å². The Hall–Kier alpha value is -2.00. The highest BCUT2D eigenvalue weighted by molar-refractivity contribution is 9.10. The van der Waals surface area contributed by atoms with Gasteiger partial charge >= 0.3 is 0 Å². The van der Waals surface area contributed by atoms with Crippen molar-refractivity contribution in [1.29, 1.82) is 0 Å². The van der Waals surface area contributed by atoms with Crippen molar-refractivity contribution < 1.29 is 13.5 Å².